The van der Waals surface area contributed by atoms with Crippen molar-refractivity contribution in [1.82, 2.24) is 14.9 Å². The monoisotopic (exact) mass is 395 g/mol. The van der Waals surface area contributed by atoms with Crippen LogP contribution in [0, 0.1) is 11.8 Å². The van der Waals surface area contributed by atoms with Gasteiger partial charge in [-0.2, -0.15) is 0 Å². The maximum atomic E-state index is 12.3. The van der Waals surface area contributed by atoms with Gasteiger partial charge < -0.3 is 10.6 Å². The Kier molecular flexibility index (Phi) is 9.70. The fourth-order valence-corrected chi connectivity index (χ4v) is 5.32. The van der Waals surface area contributed by atoms with Gasteiger partial charge in [-0.15, -0.1) is 12.4 Å². The van der Waals surface area contributed by atoms with Crippen molar-refractivity contribution in [2.75, 3.05) is 31.9 Å². The van der Waals surface area contributed by atoms with Crippen LogP contribution in [-0.2, 0) is 14.8 Å². The Hall–Kier alpha value is -0.370. The maximum Gasteiger partial charge on any atom is 0.220 e. The van der Waals surface area contributed by atoms with Crippen LogP contribution in [0.3, 0.4) is 0 Å². The molecule has 148 valence electrons. The summed E-state index contributed by atoms with van der Waals surface area (Å²) in [4.78, 5) is 12.3. The van der Waals surface area contributed by atoms with Crippen LogP contribution in [0.1, 0.15) is 52.4 Å². The molecule has 0 radical (unpaired) electrons. The van der Waals surface area contributed by atoms with Gasteiger partial charge in [0.25, 0.3) is 0 Å². The second-order valence-electron chi connectivity index (χ2n) is 7.34. The van der Waals surface area contributed by atoms with E-state index in [2.05, 4.69) is 17.6 Å². The molecule has 0 aromatic carbocycles. The van der Waals surface area contributed by atoms with Crippen LogP contribution < -0.4 is 10.6 Å². The molecule has 0 aromatic rings. The van der Waals surface area contributed by atoms with Gasteiger partial charge in [0.2, 0.25) is 15.9 Å². The molecule has 2 fully saturated rings. The van der Waals surface area contributed by atoms with Crippen molar-refractivity contribution in [3.63, 3.8) is 0 Å². The Morgan fingerprint density at radius 1 is 1.28 bits per heavy atom. The molecule has 2 atom stereocenters. The zero-order chi connectivity index (χ0) is 17.6. The van der Waals surface area contributed by atoms with Gasteiger partial charge in [-0.05, 0) is 57.0 Å². The van der Waals surface area contributed by atoms with Gasteiger partial charge in [0.1, 0.15) is 0 Å². The second-order valence-corrected chi connectivity index (χ2v) is 9.43. The minimum atomic E-state index is -3.11. The van der Waals surface area contributed by atoms with Crippen molar-refractivity contribution >= 4 is 28.3 Å². The van der Waals surface area contributed by atoms with Gasteiger partial charge in [0.05, 0.1) is 5.75 Å². The van der Waals surface area contributed by atoms with Crippen LogP contribution in [0.2, 0.25) is 0 Å². The zero-order valence-corrected chi connectivity index (χ0v) is 17.1. The summed E-state index contributed by atoms with van der Waals surface area (Å²) in [7, 11) is -3.11. The quantitative estimate of drug-likeness (QED) is 0.688. The van der Waals surface area contributed by atoms with E-state index in [9.17, 15) is 13.2 Å². The van der Waals surface area contributed by atoms with Gasteiger partial charge in [-0.3, -0.25) is 4.79 Å². The number of hydrogen-bond acceptors (Lipinski definition) is 4. The molecule has 6 nitrogen and oxygen atoms in total. The fraction of sp³-hybridized carbons (Fsp3) is 0.941. The molecular formula is C17H34ClN3O3S. The van der Waals surface area contributed by atoms with Crippen LogP contribution in [0.25, 0.3) is 0 Å². The average molecular weight is 396 g/mol. The normalized spacial score (nSPS) is 24.3. The van der Waals surface area contributed by atoms with Gasteiger partial charge in [0.15, 0.2) is 0 Å². The molecule has 0 saturated carbocycles. The van der Waals surface area contributed by atoms with Gasteiger partial charge in [-0.25, -0.2) is 12.7 Å². The van der Waals surface area contributed by atoms with Gasteiger partial charge in [0, 0.05) is 25.6 Å². The number of nitrogens with zero attached hydrogens (tertiary/aromatic N) is 1. The molecule has 2 saturated heterocycles. The number of halogens is 1. The third-order valence-corrected chi connectivity index (χ3v) is 7.40. The van der Waals surface area contributed by atoms with Crippen molar-refractivity contribution in [2.24, 2.45) is 11.8 Å². The molecule has 0 spiro atoms. The second kappa shape index (κ2) is 10.7. The molecule has 0 aromatic heterocycles. The summed E-state index contributed by atoms with van der Waals surface area (Å²) >= 11 is 0. The number of carbonyl (C=O) groups excluding carboxylic acids is 1. The summed E-state index contributed by atoms with van der Waals surface area (Å²) in [6, 6.07) is 0.113. The minimum absolute atomic E-state index is 0. The Morgan fingerprint density at radius 3 is 2.52 bits per heavy atom. The minimum Gasteiger partial charge on any atom is -0.353 e. The Morgan fingerprint density at radius 2 is 1.96 bits per heavy atom. The summed E-state index contributed by atoms with van der Waals surface area (Å²) in [6.45, 7) is 7.20. The molecular weight excluding hydrogens is 362 g/mol. The topological polar surface area (TPSA) is 78.5 Å². The number of hydrogen-bond donors (Lipinski definition) is 2. The van der Waals surface area contributed by atoms with E-state index in [0.717, 1.165) is 13.1 Å². The lowest BCUT2D eigenvalue weighted by Crippen LogP contribution is -2.47. The van der Waals surface area contributed by atoms with Gasteiger partial charge >= 0.3 is 0 Å². The Labute approximate surface area is 159 Å². The average Bonchev–Trinajstić information content (AvgIpc) is 2.56. The predicted octanol–water partition coefficient (Wildman–Crippen LogP) is 1.75. The highest BCUT2D eigenvalue weighted by Gasteiger charge is 2.29. The number of nitrogens with one attached hydrogen (secondary N) is 2. The number of amides is 1. The van der Waals surface area contributed by atoms with Crippen molar-refractivity contribution in [2.45, 2.75) is 58.4 Å². The van der Waals surface area contributed by atoms with E-state index >= 15 is 0 Å². The molecule has 0 bridgehead atoms. The molecule has 2 rings (SSSR count). The van der Waals surface area contributed by atoms with Gasteiger partial charge in [-0.1, -0.05) is 13.8 Å². The van der Waals surface area contributed by atoms with Crippen molar-refractivity contribution < 1.29 is 13.2 Å². The lowest BCUT2D eigenvalue weighted by atomic mass is 9.85. The first-order valence-corrected chi connectivity index (χ1v) is 11.0. The number of carbonyl (C=O) groups is 1. The SMILES string of the molecule is CCCS(=O)(=O)N1CCC(NC(=O)CC(C)C2CCCNC2)CC1.Cl. The molecule has 0 aliphatic carbocycles. The van der Waals surface area contributed by atoms with Crippen LogP contribution in [0.4, 0.5) is 0 Å². The first kappa shape index (κ1) is 22.7. The summed E-state index contributed by atoms with van der Waals surface area (Å²) in [5.74, 6) is 1.31. The van der Waals surface area contributed by atoms with E-state index in [1.807, 2.05) is 6.92 Å². The molecule has 8 heteroatoms. The molecule has 2 N–H and O–H groups in total. The highest BCUT2D eigenvalue weighted by atomic mass is 35.5. The first-order valence-electron chi connectivity index (χ1n) is 9.40. The highest BCUT2D eigenvalue weighted by Crippen LogP contribution is 2.23. The van der Waals surface area contributed by atoms with Crippen LogP contribution >= 0.6 is 12.4 Å². The zero-order valence-electron chi connectivity index (χ0n) is 15.5. The molecule has 2 heterocycles. The van der Waals surface area contributed by atoms with E-state index in [-0.39, 0.29) is 30.1 Å². The van der Waals surface area contributed by atoms with E-state index in [1.165, 1.54) is 12.8 Å². The number of piperidine rings is 2. The molecule has 2 unspecified atom stereocenters. The maximum absolute atomic E-state index is 12.3. The van der Waals surface area contributed by atoms with Crippen LogP contribution in [0.15, 0.2) is 0 Å². The van der Waals surface area contributed by atoms with E-state index in [4.69, 9.17) is 0 Å². The van der Waals surface area contributed by atoms with Crippen LogP contribution in [0.5, 0.6) is 0 Å². The predicted molar refractivity (Wildman–Crippen MR) is 103 cm³/mol. The summed E-state index contributed by atoms with van der Waals surface area (Å²) < 4.78 is 25.7. The van der Waals surface area contributed by atoms with E-state index < -0.39 is 10.0 Å². The third kappa shape index (κ3) is 7.04. The van der Waals surface area contributed by atoms with Crippen LogP contribution in [-0.4, -0.2) is 56.6 Å². The number of rotatable bonds is 7. The van der Waals surface area contributed by atoms with E-state index in [0.29, 0.717) is 50.6 Å². The molecule has 1 amide bonds. The standard InChI is InChI=1S/C17H33N3O3S.ClH/c1-3-11-24(22,23)20-9-6-16(7-10-20)19-17(21)12-14(2)15-5-4-8-18-13-15;/h14-16,18H,3-13H2,1-2H3,(H,19,21);1H. The highest BCUT2D eigenvalue weighted by molar-refractivity contribution is 7.89. The van der Waals surface area contributed by atoms with Crippen molar-refractivity contribution in [3.8, 4) is 0 Å². The Balaban J connectivity index is 0.00000312. The fourth-order valence-electron chi connectivity index (χ4n) is 3.78. The molecule has 2 aliphatic heterocycles. The lowest BCUT2D eigenvalue weighted by Gasteiger charge is -2.32. The first-order chi connectivity index (χ1) is 11.4. The summed E-state index contributed by atoms with van der Waals surface area (Å²) in [6.07, 6.45) is 5.05. The Bertz CT molecular complexity index is 501. The van der Waals surface area contributed by atoms with E-state index in [1.54, 1.807) is 4.31 Å². The molecule has 25 heavy (non-hydrogen) atoms. The third-order valence-electron chi connectivity index (χ3n) is 5.32. The van der Waals surface area contributed by atoms with Crippen molar-refractivity contribution in [3.05, 3.63) is 0 Å². The summed E-state index contributed by atoms with van der Waals surface area (Å²) in [5, 5.41) is 6.52. The lowest BCUT2D eigenvalue weighted by molar-refractivity contribution is -0.123. The smallest absolute Gasteiger partial charge is 0.220 e. The van der Waals surface area contributed by atoms with Crippen molar-refractivity contribution in [1.29, 1.82) is 0 Å². The largest absolute Gasteiger partial charge is 0.353 e. The number of sulfonamides is 1. The molecule has 2 aliphatic rings. The summed E-state index contributed by atoms with van der Waals surface area (Å²) in [5.41, 5.74) is 0.